The van der Waals surface area contributed by atoms with E-state index < -0.39 is 29.0 Å². The Morgan fingerprint density at radius 2 is 1.70 bits per heavy atom. The normalized spacial score (nSPS) is 10.4. The Balaban J connectivity index is 2.35. The average molecular weight is 456 g/mol. The van der Waals surface area contributed by atoms with Crippen LogP contribution in [0.2, 0.25) is 0 Å². The molecule has 0 unspecified atom stereocenters. The maximum absolute atomic E-state index is 13.5. The molecule has 1 amide bonds. The molecule has 0 aliphatic rings. The molecule has 0 aliphatic heterocycles. The zero-order chi connectivity index (χ0) is 14.9. The number of anilines is 1. The summed E-state index contributed by atoms with van der Waals surface area (Å²) in [6.07, 6.45) is 0. The van der Waals surface area contributed by atoms with Gasteiger partial charge in [-0.3, -0.25) is 4.79 Å². The molecule has 0 atom stereocenters. The third kappa shape index (κ3) is 3.32. The highest BCUT2D eigenvalue weighted by molar-refractivity contribution is 14.1. The van der Waals surface area contributed by atoms with Crippen molar-refractivity contribution in [3.63, 3.8) is 0 Å². The van der Waals surface area contributed by atoms with Crippen LogP contribution in [0.25, 0.3) is 0 Å². The molecule has 0 spiro atoms. The highest BCUT2D eigenvalue weighted by atomic mass is 127. The molecule has 0 aliphatic carbocycles. The van der Waals surface area contributed by atoms with Crippen molar-refractivity contribution in [2.24, 2.45) is 0 Å². The van der Waals surface area contributed by atoms with E-state index in [9.17, 15) is 18.0 Å². The van der Waals surface area contributed by atoms with Gasteiger partial charge in [0.2, 0.25) is 0 Å². The molecule has 2 aromatic rings. The van der Waals surface area contributed by atoms with Crippen molar-refractivity contribution in [2.45, 2.75) is 0 Å². The van der Waals surface area contributed by atoms with Gasteiger partial charge in [0.15, 0.2) is 11.6 Å². The van der Waals surface area contributed by atoms with Crippen LogP contribution in [0.1, 0.15) is 10.4 Å². The summed E-state index contributed by atoms with van der Waals surface area (Å²) in [5.74, 6) is -4.06. The molecule has 20 heavy (non-hydrogen) atoms. The first-order chi connectivity index (χ1) is 9.38. The number of hydrogen-bond donors (Lipinski definition) is 1. The molecule has 2 rings (SSSR count). The lowest BCUT2D eigenvalue weighted by Crippen LogP contribution is -2.16. The van der Waals surface area contributed by atoms with Gasteiger partial charge in [0.05, 0.1) is 5.56 Å². The van der Waals surface area contributed by atoms with Crippen LogP contribution >= 0.6 is 38.5 Å². The van der Waals surface area contributed by atoms with Crippen molar-refractivity contribution < 1.29 is 18.0 Å². The van der Waals surface area contributed by atoms with Gasteiger partial charge in [-0.15, -0.1) is 0 Å². The van der Waals surface area contributed by atoms with Crippen molar-refractivity contribution in [1.82, 2.24) is 0 Å². The highest BCUT2D eigenvalue weighted by Crippen LogP contribution is 2.23. The first kappa shape index (κ1) is 15.3. The van der Waals surface area contributed by atoms with E-state index >= 15 is 0 Å². The predicted octanol–water partition coefficient (Wildman–Crippen LogP) is 4.72. The molecule has 104 valence electrons. The number of amides is 1. The Labute approximate surface area is 134 Å². The molecule has 0 bridgehead atoms. The summed E-state index contributed by atoms with van der Waals surface area (Å²) < 4.78 is 41.0. The smallest absolute Gasteiger partial charge is 0.256 e. The number of hydrogen-bond acceptors (Lipinski definition) is 1. The van der Waals surface area contributed by atoms with Crippen LogP contribution in [0.3, 0.4) is 0 Å². The molecule has 0 heterocycles. The first-order valence-corrected chi connectivity index (χ1v) is 7.16. The van der Waals surface area contributed by atoms with Crippen LogP contribution in [0.5, 0.6) is 0 Å². The lowest BCUT2D eigenvalue weighted by Gasteiger charge is -2.09. The largest absolute Gasteiger partial charge is 0.317 e. The van der Waals surface area contributed by atoms with E-state index in [0.29, 0.717) is 20.2 Å². The van der Waals surface area contributed by atoms with Gasteiger partial charge in [-0.1, -0.05) is 15.9 Å². The van der Waals surface area contributed by atoms with Crippen LogP contribution in [0, 0.1) is 21.0 Å². The number of carbonyl (C=O) groups is 1. The Kier molecular flexibility index (Phi) is 4.69. The molecular weight excluding hydrogens is 450 g/mol. The van der Waals surface area contributed by atoms with Crippen LogP contribution in [0.15, 0.2) is 34.8 Å². The van der Waals surface area contributed by atoms with Gasteiger partial charge in [0.25, 0.3) is 5.91 Å². The van der Waals surface area contributed by atoms with Gasteiger partial charge in [-0.2, -0.15) is 0 Å². The Bertz CT molecular complexity index is 670. The lowest BCUT2D eigenvalue weighted by molar-refractivity contribution is 0.102. The maximum Gasteiger partial charge on any atom is 0.256 e. The summed E-state index contributed by atoms with van der Waals surface area (Å²) in [5, 5.41) is 2.11. The van der Waals surface area contributed by atoms with Gasteiger partial charge in [0.1, 0.15) is 11.5 Å². The van der Waals surface area contributed by atoms with Gasteiger partial charge in [0, 0.05) is 20.2 Å². The topological polar surface area (TPSA) is 29.1 Å². The molecule has 2 aromatic carbocycles. The van der Waals surface area contributed by atoms with Crippen LogP contribution in [-0.2, 0) is 0 Å². The van der Waals surface area contributed by atoms with E-state index in [4.69, 9.17) is 0 Å². The van der Waals surface area contributed by atoms with Crippen molar-refractivity contribution >= 4 is 50.1 Å². The van der Waals surface area contributed by atoms with E-state index in [2.05, 4.69) is 21.2 Å². The number of halogens is 5. The zero-order valence-corrected chi connectivity index (χ0v) is 13.4. The summed E-state index contributed by atoms with van der Waals surface area (Å²) in [4.78, 5) is 12.0. The number of benzene rings is 2. The van der Waals surface area contributed by atoms with Gasteiger partial charge >= 0.3 is 0 Å². The summed E-state index contributed by atoms with van der Waals surface area (Å²) in [6, 6.07) is 5.94. The molecule has 7 heteroatoms. The minimum atomic E-state index is -1.17. The highest BCUT2D eigenvalue weighted by Gasteiger charge is 2.17. The fourth-order valence-electron chi connectivity index (χ4n) is 1.51. The Hall–Kier alpha value is -1.09. The molecule has 0 saturated heterocycles. The van der Waals surface area contributed by atoms with Crippen molar-refractivity contribution in [3.05, 3.63) is 61.4 Å². The molecule has 0 saturated carbocycles. The monoisotopic (exact) mass is 455 g/mol. The molecule has 0 radical (unpaired) electrons. The van der Waals surface area contributed by atoms with E-state index in [1.54, 1.807) is 12.1 Å². The molecule has 0 aromatic heterocycles. The van der Waals surface area contributed by atoms with E-state index in [1.807, 2.05) is 22.6 Å². The maximum atomic E-state index is 13.5. The summed E-state index contributed by atoms with van der Waals surface area (Å²) in [7, 11) is 0. The second-order valence-electron chi connectivity index (χ2n) is 3.82. The SMILES string of the molecule is O=C(Nc1c(F)cc(F)cc1F)c1cc(Br)ccc1I. The van der Waals surface area contributed by atoms with Crippen LogP contribution in [-0.4, -0.2) is 5.91 Å². The predicted molar refractivity (Wildman–Crippen MR) is 81.1 cm³/mol. The third-order valence-electron chi connectivity index (χ3n) is 2.42. The average Bonchev–Trinajstić information content (AvgIpc) is 2.36. The Morgan fingerprint density at radius 1 is 1.10 bits per heavy atom. The molecular formula is C13H6BrF3INO. The van der Waals surface area contributed by atoms with E-state index in [0.717, 1.165) is 0 Å². The summed E-state index contributed by atoms with van der Waals surface area (Å²) in [6.45, 7) is 0. The van der Waals surface area contributed by atoms with E-state index in [-0.39, 0.29) is 5.56 Å². The zero-order valence-electron chi connectivity index (χ0n) is 9.68. The standard InChI is InChI=1S/C13H6BrF3INO/c14-6-1-2-11(18)8(3-6)13(20)19-12-9(16)4-7(15)5-10(12)17/h1-5H,(H,19,20). The molecule has 2 nitrogen and oxygen atoms in total. The van der Waals surface area contributed by atoms with Crippen LogP contribution < -0.4 is 5.32 Å². The number of carbonyl (C=O) groups excluding carboxylic acids is 1. The fourth-order valence-corrected chi connectivity index (χ4v) is 2.46. The number of rotatable bonds is 2. The second kappa shape index (κ2) is 6.13. The van der Waals surface area contributed by atoms with E-state index in [1.165, 1.54) is 6.07 Å². The fraction of sp³-hybridized carbons (Fsp3) is 0. The van der Waals surface area contributed by atoms with Crippen LogP contribution in [0.4, 0.5) is 18.9 Å². The van der Waals surface area contributed by atoms with Gasteiger partial charge in [-0.25, -0.2) is 13.2 Å². The quantitative estimate of drug-likeness (QED) is 0.652. The lowest BCUT2D eigenvalue weighted by atomic mass is 10.2. The Morgan fingerprint density at radius 3 is 2.30 bits per heavy atom. The molecule has 0 fully saturated rings. The van der Waals surface area contributed by atoms with Crippen molar-refractivity contribution in [2.75, 3.05) is 5.32 Å². The molecule has 1 N–H and O–H groups in total. The van der Waals surface area contributed by atoms with Crippen molar-refractivity contribution in [3.8, 4) is 0 Å². The van der Waals surface area contributed by atoms with Gasteiger partial charge < -0.3 is 5.32 Å². The number of nitrogens with one attached hydrogen (secondary N) is 1. The second-order valence-corrected chi connectivity index (χ2v) is 5.90. The van der Waals surface area contributed by atoms with Crippen molar-refractivity contribution in [1.29, 1.82) is 0 Å². The van der Waals surface area contributed by atoms with Gasteiger partial charge in [-0.05, 0) is 40.8 Å². The third-order valence-corrected chi connectivity index (χ3v) is 3.85. The summed E-state index contributed by atoms with van der Waals surface area (Å²) in [5.41, 5.74) is -0.421. The minimum Gasteiger partial charge on any atom is -0.317 e. The first-order valence-electron chi connectivity index (χ1n) is 5.29. The minimum absolute atomic E-state index is 0.253. The summed E-state index contributed by atoms with van der Waals surface area (Å²) >= 11 is 5.14.